The van der Waals surface area contributed by atoms with E-state index in [4.69, 9.17) is 14.9 Å². The first-order chi connectivity index (χ1) is 21.8. The molecule has 4 N–H and O–H groups in total. The highest BCUT2D eigenvalue weighted by Gasteiger charge is 2.18. The number of hydrogen-bond donors (Lipinski definition) is 4. The van der Waals surface area contributed by atoms with Crippen LogP contribution >= 0.6 is 0 Å². The number of carbonyl (C=O) groups is 4. The summed E-state index contributed by atoms with van der Waals surface area (Å²) in [6.45, 7) is 3.34. The van der Waals surface area contributed by atoms with Crippen molar-refractivity contribution in [3.05, 3.63) is 24.3 Å². The van der Waals surface area contributed by atoms with Gasteiger partial charge in [-0.25, -0.2) is 4.79 Å². The number of esters is 1. The zero-order valence-corrected chi connectivity index (χ0v) is 28.4. The molecule has 260 valence electrons. The van der Waals surface area contributed by atoms with Gasteiger partial charge in [0.2, 0.25) is 11.8 Å². The van der Waals surface area contributed by atoms with Gasteiger partial charge in [0.15, 0.2) is 0 Å². The number of carboxylic acids is 1. The van der Waals surface area contributed by atoms with Gasteiger partial charge in [-0.2, -0.15) is 0 Å². The highest BCUT2D eigenvalue weighted by atomic mass is 16.5. The van der Waals surface area contributed by atoms with Crippen LogP contribution in [0, 0.1) is 0 Å². The van der Waals surface area contributed by atoms with Crippen LogP contribution in [-0.2, 0) is 23.9 Å². The monoisotopic (exact) mass is 636 g/mol. The largest absolute Gasteiger partial charge is 0.480 e. The van der Waals surface area contributed by atoms with E-state index in [0.29, 0.717) is 12.8 Å². The standard InChI is InChI=1S/C36H64N2O7/c1-3-5-7-9-11-12-13-14-15-16-18-24-28-35(42)45-31(25-21-17-10-8-6-4-2)26-22-19-20-23-27-33(40)37-29-34(41)38-32(30-39)36(43)44/h8,10,21,25,31-32,39H,3-7,9,11-20,22-24,26-30H2,1-2H3,(H,37,40)(H,38,41)(H,43,44)/b10-8-,25-21-. The van der Waals surface area contributed by atoms with Crippen LogP contribution in [0.3, 0.4) is 0 Å². The van der Waals surface area contributed by atoms with E-state index in [0.717, 1.165) is 57.8 Å². The van der Waals surface area contributed by atoms with Crippen molar-refractivity contribution in [2.24, 2.45) is 0 Å². The number of aliphatic hydroxyl groups is 1. The number of carboxylic acid groups (broad SMARTS) is 1. The van der Waals surface area contributed by atoms with Crippen LogP contribution < -0.4 is 10.6 Å². The molecule has 2 atom stereocenters. The lowest BCUT2D eigenvalue weighted by Gasteiger charge is -2.15. The summed E-state index contributed by atoms with van der Waals surface area (Å²) in [5.41, 5.74) is 0. The third-order valence-corrected chi connectivity index (χ3v) is 7.67. The molecule has 0 fully saturated rings. The number of rotatable bonds is 31. The Kier molecular flexibility index (Phi) is 29.4. The van der Waals surface area contributed by atoms with Crippen molar-refractivity contribution in [3.8, 4) is 0 Å². The molecule has 0 aromatic rings. The predicted molar refractivity (Wildman–Crippen MR) is 181 cm³/mol. The lowest BCUT2D eigenvalue weighted by molar-refractivity contribution is -0.147. The van der Waals surface area contributed by atoms with Gasteiger partial charge in [-0.15, -0.1) is 0 Å². The number of aliphatic carboxylic acids is 1. The smallest absolute Gasteiger partial charge is 0.328 e. The maximum absolute atomic E-state index is 12.6. The summed E-state index contributed by atoms with van der Waals surface area (Å²) < 4.78 is 5.82. The number of carbonyl (C=O) groups excluding carboxylic acids is 3. The summed E-state index contributed by atoms with van der Waals surface area (Å²) in [4.78, 5) is 47.2. The van der Waals surface area contributed by atoms with E-state index in [9.17, 15) is 19.2 Å². The molecular formula is C36H64N2O7. The average molecular weight is 637 g/mol. The van der Waals surface area contributed by atoms with Gasteiger partial charge in [-0.05, 0) is 44.6 Å². The topological polar surface area (TPSA) is 142 Å². The fourth-order valence-electron chi connectivity index (χ4n) is 4.90. The summed E-state index contributed by atoms with van der Waals surface area (Å²) in [6, 6.07) is -1.39. The Bertz CT molecular complexity index is 828. The molecule has 0 heterocycles. The van der Waals surface area contributed by atoms with Gasteiger partial charge in [0.25, 0.3) is 0 Å². The van der Waals surface area contributed by atoms with Crippen LogP contribution in [-0.4, -0.2) is 59.3 Å². The van der Waals surface area contributed by atoms with Crippen molar-refractivity contribution < 1.29 is 34.1 Å². The van der Waals surface area contributed by atoms with Crippen molar-refractivity contribution >= 4 is 23.8 Å². The van der Waals surface area contributed by atoms with E-state index < -0.39 is 24.5 Å². The average Bonchev–Trinajstić information content (AvgIpc) is 3.02. The molecule has 9 heteroatoms. The summed E-state index contributed by atoms with van der Waals surface area (Å²) in [6.07, 6.45) is 30.9. The second-order valence-corrected chi connectivity index (χ2v) is 12.0. The molecule has 0 saturated heterocycles. The Labute approximate surface area is 273 Å². The van der Waals surface area contributed by atoms with Crippen molar-refractivity contribution in [2.45, 2.75) is 167 Å². The number of ether oxygens (including phenoxy) is 1. The van der Waals surface area contributed by atoms with Gasteiger partial charge >= 0.3 is 11.9 Å². The molecular weight excluding hydrogens is 572 g/mol. The first kappa shape index (κ1) is 42.3. The number of aliphatic hydroxyl groups excluding tert-OH is 1. The van der Waals surface area contributed by atoms with E-state index in [1.807, 2.05) is 6.08 Å². The van der Waals surface area contributed by atoms with Crippen molar-refractivity contribution in [1.29, 1.82) is 0 Å². The lowest BCUT2D eigenvalue weighted by Crippen LogP contribution is -2.47. The minimum Gasteiger partial charge on any atom is -0.480 e. The van der Waals surface area contributed by atoms with Crippen molar-refractivity contribution in [3.63, 3.8) is 0 Å². The quantitative estimate of drug-likeness (QED) is 0.0355. The molecule has 0 radical (unpaired) electrons. The van der Waals surface area contributed by atoms with Crippen molar-refractivity contribution in [1.82, 2.24) is 10.6 Å². The fraction of sp³-hybridized carbons (Fsp3) is 0.778. The second-order valence-electron chi connectivity index (χ2n) is 12.0. The Morgan fingerprint density at radius 1 is 0.689 bits per heavy atom. The molecule has 0 aliphatic heterocycles. The first-order valence-electron chi connectivity index (χ1n) is 17.7. The minimum atomic E-state index is -1.39. The zero-order chi connectivity index (χ0) is 33.4. The lowest BCUT2D eigenvalue weighted by atomic mass is 10.0. The van der Waals surface area contributed by atoms with Gasteiger partial charge in [0, 0.05) is 12.8 Å². The molecule has 0 aliphatic carbocycles. The Hall–Kier alpha value is -2.68. The molecule has 2 unspecified atom stereocenters. The van der Waals surface area contributed by atoms with Crippen LogP contribution in [0.1, 0.15) is 155 Å². The highest BCUT2D eigenvalue weighted by molar-refractivity contribution is 5.87. The van der Waals surface area contributed by atoms with Crippen LogP contribution in [0.5, 0.6) is 0 Å². The van der Waals surface area contributed by atoms with E-state index >= 15 is 0 Å². The summed E-state index contributed by atoms with van der Waals surface area (Å²) in [5.74, 6) is -2.43. The molecule has 0 bridgehead atoms. The number of unbranched alkanes of at least 4 members (excludes halogenated alkanes) is 15. The maximum Gasteiger partial charge on any atom is 0.328 e. The van der Waals surface area contributed by atoms with Gasteiger partial charge in [-0.3, -0.25) is 14.4 Å². The van der Waals surface area contributed by atoms with Gasteiger partial charge in [-0.1, -0.05) is 122 Å². The zero-order valence-electron chi connectivity index (χ0n) is 28.4. The summed E-state index contributed by atoms with van der Waals surface area (Å²) in [5, 5.41) is 22.4. The minimum absolute atomic E-state index is 0.132. The predicted octanol–water partition coefficient (Wildman–Crippen LogP) is 7.31. The molecule has 0 spiro atoms. The van der Waals surface area contributed by atoms with Gasteiger partial charge in [0.05, 0.1) is 13.2 Å². The van der Waals surface area contributed by atoms with E-state index in [-0.39, 0.29) is 30.9 Å². The van der Waals surface area contributed by atoms with Crippen LogP contribution in [0.4, 0.5) is 0 Å². The molecule has 9 nitrogen and oxygen atoms in total. The number of allylic oxidation sites excluding steroid dienone is 3. The van der Waals surface area contributed by atoms with E-state index in [2.05, 4.69) is 42.7 Å². The normalized spacial score (nSPS) is 12.8. The van der Waals surface area contributed by atoms with E-state index in [1.165, 1.54) is 64.2 Å². The Morgan fingerprint density at radius 2 is 1.27 bits per heavy atom. The summed E-state index contributed by atoms with van der Waals surface area (Å²) in [7, 11) is 0. The fourth-order valence-corrected chi connectivity index (χ4v) is 4.90. The van der Waals surface area contributed by atoms with Gasteiger partial charge < -0.3 is 25.6 Å². The molecule has 45 heavy (non-hydrogen) atoms. The van der Waals surface area contributed by atoms with Gasteiger partial charge in [0.1, 0.15) is 12.1 Å². The molecule has 2 amide bonds. The Balaban J connectivity index is 4.24. The first-order valence-corrected chi connectivity index (χ1v) is 17.7. The van der Waals surface area contributed by atoms with Crippen LogP contribution in [0.15, 0.2) is 24.3 Å². The molecule has 0 aromatic carbocycles. The highest BCUT2D eigenvalue weighted by Crippen LogP contribution is 2.15. The molecule has 0 aliphatic rings. The SMILES string of the molecule is CCC/C=C\C/C=C\C(CCCCCCC(=O)NCC(=O)NC(CO)C(=O)O)OC(=O)CCCCCCCCCCCCCC. The summed E-state index contributed by atoms with van der Waals surface area (Å²) >= 11 is 0. The number of amides is 2. The van der Waals surface area contributed by atoms with Crippen molar-refractivity contribution in [2.75, 3.05) is 13.2 Å². The van der Waals surface area contributed by atoms with E-state index in [1.54, 1.807) is 0 Å². The number of hydrogen-bond acceptors (Lipinski definition) is 6. The third kappa shape index (κ3) is 28.5. The number of nitrogens with one attached hydrogen (secondary N) is 2. The third-order valence-electron chi connectivity index (χ3n) is 7.67. The van der Waals surface area contributed by atoms with Crippen LogP contribution in [0.2, 0.25) is 0 Å². The molecule has 0 aromatic heterocycles. The second kappa shape index (κ2) is 31.3. The Morgan fingerprint density at radius 3 is 1.84 bits per heavy atom. The molecule has 0 rings (SSSR count). The van der Waals surface area contributed by atoms with Crippen LogP contribution in [0.25, 0.3) is 0 Å². The maximum atomic E-state index is 12.6. The molecule has 0 saturated carbocycles.